The third kappa shape index (κ3) is 4.07. The van der Waals surface area contributed by atoms with Gasteiger partial charge in [0.2, 0.25) is 5.91 Å². The minimum Gasteiger partial charge on any atom is -0.365 e. The van der Waals surface area contributed by atoms with Crippen molar-refractivity contribution in [2.75, 3.05) is 39.6 Å². The summed E-state index contributed by atoms with van der Waals surface area (Å²) >= 11 is 0. The fourth-order valence-electron chi connectivity index (χ4n) is 1.51. The van der Waals surface area contributed by atoms with E-state index in [4.69, 9.17) is 0 Å². The molecule has 4 nitrogen and oxygen atoms in total. The van der Waals surface area contributed by atoms with Crippen LogP contribution in [0.25, 0.3) is 0 Å². The number of nitrogens with zero attached hydrogens (tertiary/aromatic N) is 2. The zero-order valence-corrected chi connectivity index (χ0v) is 11.0. The van der Waals surface area contributed by atoms with Crippen molar-refractivity contribution in [3.05, 3.63) is 29.8 Å². The van der Waals surface area contributed by atoms with Crippen molar-refractivity contribution in [1.82, 2.24) is 10.2 Å². The molecule has 0 unspecified atom stereocenters. The van der Waals surface area contributed by atoms with Gasteiger partial charge in [0.05, 0.1) is 6.54 Å². The summed E-state index contributed by atoms with van der Waals surface area (Å²) in [5.74, 6) is 0.104. The molecule has 0 bridgehead atoms. The summed E-state index contributed by atoms with van der Waals surface area (Å²) in [6.07, 6.45) is 0. The van der Waals surface area contributed by atoms with Crippen molar-refractivity contribution >= 4 is 11.6 Å². The van der Waals surface area contributed by atoms with E-state index in [1.54, 1.807) is 19.0 Å². The molecule has 0 aliphatic rings. The molecule has 94 valence electrons. The minimum atomic E-state index is 0.104. The molecule has 1 aromatic carbocycles. The molecule has 0 aromatic heterocycles. The molecular weight excluding hydrogens is 214 g/mol. The van der Waals surface area contributed by atoms with Crippen LogP contribution in [0.5, 0.6) is 0 Å². The van der Waals surface area contributed by atoms with Crippen LogP contribution in [0.2, 0.25) is 0 Å². The molecule has 0 spiro atoms. The second-order valence-corrected chi connectivity index (χ2v) is 4.34. The fraction of sp³-hybridized carbons (Fsp3) is 0.462. The van der Waals surface area contributed by atoms with Gasteiger partial charge in [-0.3, -0.25) is 4.79 Å². The monoisotopic (exact) mass is 235 g/mol. The van der Waals surface area contributed by atoms with E-state index in [0.29, 0.717) is 6.54 Å². The standard InChI is InChI=1S/C13H21N3O/c1-14-9-11-5-7-12(8-6-11)16(4)10-13(17)15(2)3/h5-8,14H,9-10H2,1-4H3. The number of carbonyl (C=O) groups excluding carboxylic acids is 1. The summed E-state index contributed by atoms with van der Waals surface area (Å²) in [5.41, 5.74) is 2.30. The van der Waals surface area contributed by atoms with Crippen LogP contribution in [0.15, 0.2) is 24.3 Å². The van der Waals surface area contributed by atoms with Gasteiger partial charge < -0.3 is 15.1 Å². The SMILES string of the molecule is CNCc1ccc(N(C)CC(=O)N(C)C)cc1. The van der Waals surface area contributed by atoms with Gasteiger partial charge in [0.25, 0.3) is 0 Å². The molecule has 1 N–H and O–H groups in total. The molecule has 0 heterocycles. The van der Waals surface area contributed by atoms with E-state index >= 15 is 0 Å². The maximum Gasteiger partial charge on any atom is 0.241 e. The average molecular weight is 235 g/mol. The number of carbonyl (C=O) groups is 1. The quantitative estimate of drug-likeness (QED) is 0.824. The fourth-order valence-corrected chi connectivity index (χ4v) is 1.51. The first-order valence-electron chi connectivity index (χ1n) is 5.69. The summed E-state index contributed by atoms with van der Waals surface area (Å²) in [6.45, 7) is 1.26. The van der Waals surface area contributed by atoms with E-state index in [-0.39, 0.29) is 5.91 Å². The van der Waals surface area contributed by atoms with Crippen LogP contribution in [0.1, 0.15) is 5.56 Å². The summed E-state index contributed by atoms with van der Waals surface area (Å²) < 4.78 is 0. The van der Waals surface area contributed by atoms with Crippen molar-refractivity contribution < 1.29 is 4.79 Å². The Balaban J connectivity index is 2.63. The third-order valence-corrected chi connectivity index (χ3v) is 2.63. The largest absolute Gasteiger partial charge is 0.365 e. The van der Waals surface area contributed by atoms with Crippen molar-refractivity contribution in [2.24, 2.45) is 0 Å². The van der Waals surface area contributed by atoms with Crippen LogP contribution in [0, 0.1) is 0 Å². The smallest absolute Gasteiger partial charge is 0.241 e. The number of anilines is 1. The first-order valence-corrected chi connectivity index (χ1v) is 5.69. The van der Waals surface area contributed by atoms with E-state index in [1.165, 1.54) is 5.56 Å². The number of rotatable bonds is 5. The lowest BCUT2D eigenvalue weighted by Gasteiger charge is -2.21. The number of hydrogen-bond acceptors (Lipinski definition) is 3. The highest BCUT2D eigenvalue weighted by Gasteiger charge is 2.08. The Hall–Kier alpha value is -1.55. The van der Waals surface area contributed by atoms with Crippen LogP contribution < -0.4 is 10.2 Å². The summed E-state index contributed by atoms with van der Waals surface area (Å²) in [7, 11) is 7.39. The van der Waals surface area contributed by atoms with Crippen molar-refractivity contribution in [3.63, 3.8) is 0 Å². The molecule has 1 amide bonds. The molecule has 17 heavy (non-hydrogen) atoms. The Labute approximate surface area is 103 Å². The predicted molar refractivity (Wildman–Crippen MR) is 71.2 cm³/mol. The van der Waals surface area contributed by atoms with Gasteiger partial charge in [-0.2, -0.15) is 0 Å². The van der Waals surface area contributed by atoms with Crippen LogP contribution in [0.4, 0.5) is 5.69 Å². The van der Waals surface area contributed by atoms with Crippen molar-refractivity contribution in [3.8, 4) is 0 Å². The Morgan fingerprint density at radius 2 is 1.76 bits per heavy atom. The highest BCUT2D eigenvalue weighted by molar-refractivity contribution is 5.80. The molecule has 0 saturated carbocycles. The molecule has 0 aliphatic carbocycles. The summed E-state index contributed by atoms with van der Waals surface area (Å²) in [4.78, 5) is 15.1. The predicted octanol–water partition coefficient (Wildman–Crippen LogP) is 0.930. The third-order valence-electron chi connectivity index (χ3n) is 2.63. The van der Waals surface area contributed by atoms with E-state index in [2.05, 4.69) is 17.4 Å². The highest BCUT2D eigenvalue weighted by atomic mass is 16.2. The lowest BCUT2D eigenvalue weighted by atomic mass is 10.2. The van der Waals surface area contributed by atoms with Crippen molar-refractivity contribution in [1.29, 1.82) is 0 Å². The summed E-state index contributed by atoms with van der Waals surface area (Å²) in [5, 5.41) is 3.11. The molecule has 1 aromatic rings. The molecule has 0 saturated heterocycles. The lowest BCUT2D eigenvalue weighted by molar-refractivity contribution is -0.127. The number of amides is 1. The number of hydrogen-bond donors (Lipinski definition) is 1. The van der Waals surface area contributed by atoms with Gasteiger partial charge in [0.15, 0.2) is 0 Å². The van der Waals surface area contributed by atoms with Crippen LogP contribution in [-0.4, -0.2) is 45.5 Å². The van der Waals surface area contributed by atoms with Crippen LogP contribution >= 0.6 is 0 Å². The van der Waals surface area contributed by atoms with Gasteiger partial charge in [-0.05, 0) is 24.7 Å². The zero-order chi connectivity index (χ0) is 12.8. The van der Waals surface area contributed by atoms with E-state index < -0.39 is 0 Å². The Morgan fingerprint density at radius 1 is 1.18 bits per heavy atom. The van der Waals surface area contributed by atoms with Gasteiger partial charge in [-0.25, -0.2) is 0 Å². The Kier molecular flexibility index (Phi) is 4.97. The maximum absolute atomic E-state index is 11.6. The minimum absolute atomic E-state index is 0.104. The molecule has 4 heteroatoms. The zero-order valence-electron chi connectivity index (χ0n) is 11.0. The van der Waals surface area contributed by atoms with E-state index in [9.17, 15) is 4.79 Å². The molecule has 0 atom stereocenters. The van der Waals surface area contributed by atoms with Gasteiger partial charge in [-0.1, -0.05) is 12.1 Å². The van der Waals surface area contributed by atoms with Gasteiger partial charge in [0, 0.05) is 33.4 Å². The number of benzene rings is 1. The Bertz CT molecular complexity index is 359. The molecule has 0 radical (unpaired) electrons. The van der Waals surface area contributed by atoms with Crippen LogP contribution in [-0.2, 0) is 11.3 Å². The van der Waals surface area contributed by atoms with E-state index in [0.717, 1.165) is 12.2 Å². The molecule has 0 fully saturated rings. The average Bonchev–Trinajstić information content (AvgIpc) is 2.30. The highest BCUT2D eigenvalue weighted by Crippen LogP contribution is 2.13. The lowest BCUT2D eigenvalue weighted by Crippen LogP contribution is -2.34. The summed E-state index contributed by atoms with van der Waals surface area (Å²) in [6, 6.07) is 8.22. The van der Waals surface area contributed by atoms with Gasteiger partial charge in [-0.15, -0.1) is 0 Å². The number of nitrogens with one attached hydrogen (secondary N) is 1. The van der Waals surface area contributed by atoms with Gasteiger partial charge in [0.1, 0.15) is 0 Å². The van der Waals surface area contributed by atoms with Crippen LogP contribution in [0.3, 0.4) is 0 Å². The second kappa shape index (κ2) is 6.25. The maximum atomic E-state index is 11.6. The Morgan fingerprint density at radius 3 is 2.24 bits per heavy atom. The van der Waals surface area contributed by atoms with Crippen molar-refractivity contribution in [2.45, 2.75) is 6.54 Å². The topological polar surface area (TPSA) is 35.6 Å². The molecule has 1 rings (SSSR count). The number of likely N-dealkylation sites (N-methyl/N-ethyl adjacent to an activating group) is 2. The van der Waals surface area contributed by atoms with Gasteiger partial charge >= 0.3 is 0 Å². The van der Waals surface area contributed by atoms with E-state index in [1.807, 2.05) is 31.1 Å². The molecule has 0 aliphatic heterocycles. The first kappa shape index (κ1) is 13.5. The first-order chi connectivity index (χ1) is 8.04. The normalized spacial score (nSPS) is 10.1. The second-order valence-electron chi connectivity index (χ2n) is 4.34. The molecular formula is C13H21N3O.